The van der Waals surface area contributed by atoms with Crippen LogP contribution < -0.4 is 10.2 Å². The highest BCUT2D eigenvalue weighted by atomic mass is 35.5. The van der Waals surface area contributed by atoms with Gasteiger partial charge in [0.05, 0.1) is 35.9 Å². The summed E-state index contributed by atoms with van der Waals surface area (Å²) in [6.45, 7) is 3.45. The number of hydrogen-bond donors (Lipinski definition) is 1. The van der Waals surface area contributed by atoms with Crippen LogP contribution in [0.3, 0.4) is 0 Å². The van der Waals surface area contributed by atoms with E-state index in [9.17, 15) is 13.2 Å². The molecule has 0 saturated carbocycles. The number of anilines is 2. The standard InChI is InChI=1S/C17H24ClN3O4S/c1-26(23,24)21-7-5-13(6-8-21)17(22)19-15-4-2-3-14(18)16(15)20-9-11-25-12-10-20/h2-4,13H,5-12H2,1H3,(H,19,22). The summed E-state index contributed by atoms with van der Waals surface area (Å²) in [6, 6.07) is 5.47. The summed E-state index contributed by atoms with van der Waals surface area (Å²) in [7, 11) is -3.20. The van der Waals surface area contributed by atoms with Gasteiger partial charge in [0.25, 0.3) is 0 Å². The van der Waals surface area contributed by atoms with E-state index < -0.39 is 10.0 Å². The first-order valence-corrected chi connectivity index (χ1v) is 11.0. The van der Waals surface area contributed by atoms with Crippen LogP contribution in [0.25, 0.3) is 0 Å². The number of rotatable bonds is 4. The minimum atomic E-state index is -3.20. The van der Waals surface area contributed by atoms with E-state index in [4.69, 9.17) is 16.3 Å². The Balaban J connectivity index is 1.69. The highest BCUT2D eigenvalue weighted by Gasteiger charge is 2.29. The number of benzene rings is 1. The average Bonchev–Trinajstić information content (AvgIpc) is 2.62. The first-order chi connectivity index (χ1) is 12.4. The van der Waals surface area contributed by atoms with Crippen molar-refractivity contribution in [2.24, 2.45) is 5.92 Å². The lowest BCUT2D eigenvalue weighted by atomic mass is 9.97. The van der Waals surface area contributed by atoms with Gasteiger partial charge in [0.2, 0.25) is 15.9 Å². The van der Waals surface area contributed by atoms with Crippen molar-refractivity contribution < 1.29 is 17.9 Å². The zero-order valence-corrected chi connectivity index (χ0v) is 16.4. The van der Waals surface area contributed by atoms with Crippen molar-refractivity contribution in [3.05, 3.63) is 23.2 Å². The number of sulfonamides is 1. The Morgan fingerprint density at radius 1 is 1.19 bits per heavy atom. The first-order valence-electron chi connectivity index (χ1n) is 8.73. The van der Waals surface area contributed by atoms with Crippen LogP contribution in [0.1, 0.15) is 12.8 Å². The number of ether oxygens (including phenoxy) is 1. The molecule has 2 saturated heterocycles. The lowest BCUT2D eigenvalue weighted by Crippen LogP contribution is -2.41. The van der Waals surface area contributed by atoms with E-state index in [-0.39, 0.29) is 11.8 Å². The second-order valence-electron chi connectivity index (χ2n) is 6.66. The molecule has 2 aliphatic heterocycles. The quantitative estimate of drug-likeness (QED) is 0.832. The molecule has 7 nitrogen and oxygen atoms in total. The summed E-state index contributed by atoms with van der Waals surface area (Å²) in [4.78, 5) is 14.8. The van der Waals surface area contributed by atoms with Crippen molar-refractivity contribution >= 4 is 38.9 Å². The number of hydrogen-bond acceptors (Lipinski definition) is 5. The van der Waals surface area contributed by atoms with Crippen LogP contribution in [-0.2, 0) is 19.6 Å². The Labute approximate surface area is 159 Å². The maximum atomic E-state index is 12.7. The maximum absolute atomic E-state index is 12.7. The van der Waals surface area contributed by atoms with Gasteiger partial charge in [-0.05, 0) is 25.0 Å². The topological polar surface area (TPSA) is 79.0 Å². The molecular weight excluding hydrogens is 378 g/mol. The summed E-state index contributed by atoms with van der Waals surface area (Å²) < 4.78 is 30.0. The molecule has 9 heteroatoms. The summed E-state index contributed by atoms with van der Waals surface area (Å²) >= 11 is 6.39. The summed E-state index contributed by atoms with van der Waals surface area (Å²) in [5.41, 5.74) is 1.51. The van der Waals surface area contributed by atoms with Crippen LogP contribution in [-0.4, -0.2) is 64.3 Å². The molecule has 26 heavy (non-hydrogen) atoms. The molecule has 2 aliphatic rings. The van der Waals surface area contributed by atoms with Gasteiger partial charge in [-0.1, -0.05) is 17.7 Å². The molecule has 0 aliphatic carbocycles. The van der Waals surface area contributed by atoms with Gasteiger partial charge in [0, 0.05) is 32.1 Å². The van der Waals surface area contributed by atoms with E-state index in [0.29, 0.717) is 49.9 Å². The molecule has 0 unspecified atom stereocenters. The second kappa shape index (κ2) is 8.12. The Bertz CT molecular complexity index is 757. The molecular formula is C17H24ClN3O4S. The fourth-order valence-corrected chi connectivity index (χ4v) is 4.58. The Kier molecular flexibility index (Phi) is 6.06. The molecule has 2 heterocycles. The highest BCUT2D eigenvalue weighted by molar-refractivity contribution is 7.88. The number of nitrogens with one attached hydrogen (secondary N) is 1. The van der Waals surface area contributed by atoms with E-state index in [0.717, 1.165) is 18.8 Å². The predicted octanol–water partition coefficient (Wildman–Crippen LogP) is 1.79. The van der Waals surface area contributed by atoms with Gasteiger partial charge in [-0.15, -0.1) is 0 Å². The monoisotopic (exact) mass is 401 g/mol. The van der Waals surface area contributed by atoms with Gasteiger partial charge in [-0.25, -0.2) is 12.7 Å². The van der Waals surface area contributed by atoms with Crippen molar-refractivity contribution in [2.45, 2.75) is 12.8 Å². The number of nitrogens with zero attached hydrogens (tertiary/aromatic N) is 2. The first kappa shape index (κ1) is 19.4. The molecule has 1 aromatic rings. The molecule has 144 valence electrons. The molecule has 1 amide bonds. The zero-order chi connectivity index (χ0) is 18.7. The molecule has 0 spiro atoms. The molecule has 1 N–H and O–H groups in total. The van der Waals surface area contributed by atoms with E-state index in [1.165, 1.54) is 10.6 Å². The van der Waals surface area contributed by atoms with Crippen LogP contribution >= 0.6 is 11.6 Å². The summed E-state index contributed by atoms with van der Waals surface area (Å²) in [5, 5.41) is 3.59. The average molecular weight is 402 g/mol. The maximum Gasteiger partial charge on any atom is 0.227 e. The number of piperidine rings is 1. The molecule has 3 rings (SSSR count). The van der Waals surface area contributed by atoms with Crippen molar-refractivity contribution in [1.82, 2.24) is 4.31 Å². The van der Waals surface area contributed by atoms with Gasteiger partial charge in [0.1, 0.15) is 0 Å². The predicted molar refractivity (Wildman–Crippen MR) is 102 cm³/mol. The number of halogens is 1. The molecule has 0 bridgehead atoms. The number of morpholine rings is 1. The number of carbonyl (C=O) groups is 1. The van der Waals surface area contributed by atoms with E-state index in [1.54, 1.807) is 0 Å². The van der Waals surface area contributed by atoms with Crippen LogP contribution in [0.2, 0.25) is 5.02 Å². The lowest BCUT2D eigenvalue weighted by Gasteiger charge is -2.32. The van der Waals surface area contributed by atoms with Gasteiger partial charge < -0.3 is 15.0 Å². The van der Waals surface area contributed by atoms with Crippen LogP contribution in [0, 0.1) is 5.92 Å². The minimum absolute atomic E-state index is 0.0880. The van der Waals surface area contributed by atoms with Crippen molar-refractivity contribution in [3.8, 4) is 0 Å². The van der Waals surface area contributed by atoms with Gasteiger partial charge in [0.15, 0.2) is 0 Å². The van der Waals surface area contributed by atoms with Crippen LogP contribution in [0.5, 0.6) is 0 Å². The number of amides is 1. The van der Waals surface area contributed by atoms with Gasteiger partial charge >= 0.3 is 0 Å². The Morgan fingerprint density at radius 3 is 2.46 bits per heavy atom. The smallest absolute Gasteiger partial charge is 0.227 e. The largest absolute Gasteiger partial charge is 0.378 e. The Hall–Kier alpha value is -1.35. The normalized spacial score (nSPS) is 20.2. The molecule has 0 aromatic heterocycles. The third-order valence-corrected chi connectivity index (χ3v) is 6.47. The van der Waals surface area contributed by atoms with Crippen LogP contribution in [0.4, 0.5) is 11.4 Å². The van der Waals surface area contributed by atoms with E-state index >= 15 is 0 Å². The highest BCUT2D eigenvalue weighted by Crippen LogP contribution is 2.35. The van der Waals surface area contributed by atoms with Gasteiger partial charge in [-0.3, -0.25) is 4.79 Å². The Morgan fingerprint density at radius 2 is 1.85 bits per heavy atom. The fraction of sp³-hybridized carbons (Fsp3) is 0.588. The molecule has 2 fully saturated rings. The molecule has 0 radical (unpaired) electrons. The summed E-state index contributed by atoms with van der Waals surface area (Å²) in [6.07, 6.45) is 2.24. The van der Waals surface area contributed by atoms with E-state index in [2.05, 4.69) is 10.2 Å². The van der Waals surface area contributed by atoms with Crippen molar-refractivity contribution in [3.63, 3.8) is 0 Å². The summed E-state index contributed by atoms with van der Waals surface area (Å²) in [5.74, 6) is -0.292. The fourth-order valence-electron chi connectivity index (χ4n) is 3.41. The number of carbonyl (C=O) groups excluding carboxylic acids is 1. The molecule has 0 atom stereocenters. The third kappa shape index (κ3) is 4.49. The lowest BCUT2D eigenvalue weighted by molar-refractivity contribution is -0.120. The SMILES string of the molecule is CS(=O)(=O)N1CCC(C(=O)Nc2cccc(Cl)c2N2CCOCC2)CC1. The third-order valence-electron chi connectivity index (χ3n) is 4.87. The molecule has 1 aromatic carbocycles. The van der Waals surface area contributed by atoms with Crippen molar-refractivity contribution in [2.75, 3.05) is 55.9 Å². The van der Waals surface area contributed by atoms with E-state index in [1.807, 2.05) is 18.2 Å². The van der Waals surface area contributed by atoms with Crippen molar-refractivity contribution in [1.29, 1.82) is 0 Å². The van der Waals surface area contributed by atoms with Crippen LogP contribution in [0.15, 0.2) is 18.2 Å². The minimum Gasteiger partial charge on any atom is -0.378 e. The zero-order valence-electron chi connectivity index (χ0n) is 14.8. The van der Waals surface area contributed by atoms with Gasteiger partial charge in [-0.2, -0.15) is 0 Å². The second-order valence-corrected chi connectivity index (χ2v) is 9.05. The number of para-hydroxylation sites is 1.